The molecule has 4 heteroatoms. The highest BCUT2D eigenvalue weighted by Gasteiger charge is 2.05. The lowest BCUT2D eigenvalue weighted by Crippen LogP contribution is -2.28. The number of carbonyl (C=O) groups is 1. The van der Waals surface area contributed by atoms with E-state index in [0.717, 1.165) is 5.56 Å². The van der Waals surface area contributed by atoms with Crippen molar-refractivity contribution in [3.8, 4) is 12.3 Å². The van der Waals surface area contributed by atoms with Gasteiger partial charge in [-0.1, -0.05) is 12.0 Å². The molecular weight excluding hydrogens is 207 g/mol. The number of amides is 1. The second kappa shape index (κ2) is 5.89. The van der Waals surface area contributed by atoms with Crippen LogP contribution in [0.5, 0.6) is 0 Å². The van der Waals surface area contributed by atoms with Gasteiger partial charge in [0.2, 0.25) is 5.91 Å². The fourth-order valence-electron chi connectivity index (χ4n) is 1.16. The van der Waals surface area contributed by atoms with Gasteiger partial charge in [-0.3, -0.25) is 10.1 Å². The van der Waals surface area contributed by atoms with Crippen LogP contribution in [0.25, 0.3) is 0 Å². The van der Waals surface area contributed by atoms with Crippen molar-refractivity contribution in [3.05, 3.63) is 29.6 Å². The first-order valence-corrected chi connectivity index (χ1v) is 4.83. The normalized spacial score (nSPS) is 9.56. The molecule has 0 aliphatic carbocycles. The van der Waals surface area contributed by atoms with Gasteiger partial charge in [0.05, 0.1) is 18.8 Å². The van der Waals surface area contributed by atoms with Crippen LogP contribution in [0.1, 0.15) is 5.56 Å². The number of anilines is 1. The van der Waals surface area contributed by atoms with E-state index in [1.807, 2.05) is 0 Å². The van der Waals surface area contributed by atoms with Crippen molar-refractivity contribution in [3.63, 3.8) is 0 Å². The van der Waals surface area contributed by atoms with Crippen molar-refractivity contribution in [1.29, 1.82) is 0 Å². The molecule has 1 amide bonds. The smallest absolute Gasteiger partial charge is 0.238 e. The van der Waals surface area contributed by atoms with Gasteiger partial charge in [0, 0.05) is 0 Å². The van der Waals surface area contributed by atoms with Gasteiger partial charge in [0.15, 0.2) is 0 Å². The molecule has 0 radical (unpaired) electrons. The topological polar surface area (TPSA) is 41.1 Å². The third-order valence-corrected chi connectivity index (χ3v) is 1.91. The second-order valence-electron chi connectivity index (χ2n) is 3.34. The Morgan fingerprint density at radius 3 is 2.94 bits per heavy atom. The van der Waals surface area contributed by atoms with Crippen LogP contribution in [0.2, 0.25) is 0 Å². The zero-order chi connectivity index (χ0) is 12.0. The van der Waals surface area contributed by atoms with Crippen molar-refractivity contribution in [2.75, 3.05) is 18.4 Å². The molecule has 0 spiro atoms. The molecule has 0 atom stereocenters. The van der Waals surface area contributed by atoms with Crippen molar-refractivity contribution in [2.45, 2.75) is 6.92 Å². The molecule has 0 aliphatic heterocycles. The van der Waals surface area contributed by atoms with Gasteiger partial charge in [-0.15, -0.1) is 6.42 Å². The average Bonchev–Trinajstić information content (AvgIpc) is 2.23. The minimum Gasteiger partial charge on any atom is -0.322 e. The van der Waals surface area contributed by atoms with Crippen LogP contribution in [0, 0.1) is 25.1 Å². The summed E-state index contributed by atoms with van der Waals surface area (Å²) in [4.78, 5) is 11.3. The van der Waals surface area contributed by atoms with E-state index in [0.29, 0.717) is 6.54 Å². The average molecular weight is 220 g/mol. The molecule has 0 heterocycles. The summed E-state index contributed by atoms with van der Waals surface area (Å²) < 4.78 is 13.3. The minimum absolute atomic E-state index is 0.0670. The molecule has 0 aliphatic rings. The number of hydrogen-bond donors (Lipinski definition) is 2. The van der Waals surface area contributed by atoms with Crippen molar-refractivity contribution < 1.29 is 9.18 Å². The molecule has 1 aromatic carbocycles. The highest BCUT2D eigenvalue weighted by atomic mass is 19.1. The molecule has 0 saturated heterocycles. The molecule has 3 nitrogen and oxygen atoms in total. The van der Waals surface area contributed by atoms with Gasteiger partial charge in [-0.05, 0) is 24.6 Å². The number of halogens is 1. The summed E-state index contributed by atoms with van der Waals surface area (Å²) in [6, 6.07) is 4.63. The third-order valence-electron chi connectivity index (χ3n) is 1.91. The predicted molar refractivity (Wildman–Crippen MR) is 61.5 cm³/mol. The van der Waals surface area contributed by atoms with E-state index in [9.17, 15) is 9.18 Å². The van der Waals surface area contributed by atoms with Crippen molar-refractivity contribution >= 4 is 11.6 Å². The van der Waals surface area contributed by atoms with Crippen LogP contribution in [0.15, 0.2) is 18.2 Å². The molecule has 1 aromatic rings. The molecule has 1 rings (SSSR count). The second-order valence-corrected chi connectivity index (χ2v) is 3.34. The number of benzene rings is 1. The van der Waals surface area contributed by atoms with E-state index >= 15 is 0 Å². The Balaban J connectivity index is 2.53. The molecule has 0 saturated carbocycles. The van der Waals surface area contributed by atoms with E-state index in [2.05, 4.69) is 16.6 Å². The van der Waals surface area contributed by atoms with Gasteiger partial charge in [0.1, 0.15) is 5.82 Å². The van der Waals surface area contributed by atoms with Crippen molar-refractivity contribution in [1.82, 2.24) is 5.32 Å². The number of terminal acetylenes is 1. The first-order chi connectivity index (χ1) is 7.63. The molecule has 16 heavy (non-hydrogen) atoms. The van der Waals surface area contributed by atoms with E-state index < -0.39 is 5.82 Å². The largest absolute Gasteiger partial charge is 0.322 e. The summed E-state index contributed by atoms with van der Waals surface area (Å²) in [5.74, 6) is 1.58. The highest BCUT2D eigenvalue weighted by Crippen LogP contribution is 2.14. The molecule has 0 bridgehead atoms. The maximum Gasteiger partial charge on any atom is 0.238 e. The lowest BCUT2D eigenvalue weighted by molar-refractivity contribution is -0.115. The van der Waals surface area contributed by atoms with E-state index in [-0.39, 0.29) is 18.1 Å². The fraction of sp³-hybridized carbons (Fsp3) is 0.250. The van der Waals surface area contributed by atoms with Gasteiger partial charge in [-0.2, -0.15) is 0 Å². The Labute approximate surface area is 94.0 Å². The number of hydrogen-bond acceptors (Lipinski definition) is 2. The lowest BCUT2D eigenvalue weighted by Gasteiger charge is -2.06. The SMILES string of the molecule is C#CCNCC(=O)Nc1ccc(C)cc1F. The monoisotopic (exact) mass is 220 g/mol. The summed E-state index contributed by atoms with van der Waals surface area (Å²) in [7, 11) is 0. The van der Waals surface area contributed by atoms with Gasteiger partial charge in [0.25, 0.3) is 0 Å². The molecule has 2 N–H and O–H groups in total. The Morgan fingerprint density at radius 1 is 1.56 bits per heavy atom. The summed E-state index contributed by atoms with van der Waals surface area (Å²) in [6.07, 6.45) is 5.00. The first-order valence-electron chi connectivity index (χ1n) is 4.83. The zero-order valence-corrected chi connectivity index (χ0v) is 9.01. The van der Waals surface area contributed by atoms with Crippen LogP contribution in [-0.2, 0) is 4.79 Å². The van der Waals surface area contributed by atoms with E-state index in [4.69, 9.17) is 6.42 Å². The molecular formula is C12H13FN2O. The van der Waals surface area contributed by atoms with Crippen LogP contribution < -0.4 is 10.6 Å². The highest BCUT2D eigenvalue weighted by molar-refractivity contribution is 5.92. The third kappa shape index (κ3) is 3.71. The van der Waals surface area contributed by atoms with E-state index in [1.54, 1.807) is 13.0 Å². The van der Waals surface area contributed by atoms with Gasteiger partial charge in [-0.25, -0.2) is 4.39 Å². The maximum absolute atomic E-state index is 13.3. The Bertz CT molecular complexity index is 424. The maximum atomic E-state index is 13.3. The quantitative estimate of drug-likeness (QED) is 0.593. The van der Waals surface area contributed by atoms with Gasteiger partial charge < -0.3 is 5.32 Å². The van der Waals surface area contributed by atoms with Crippen LogP contribution >= 0.6 is 0 Å². The molecule has 0 fully saturated rings. The molecule has 84 valence electrons. The molecule has 0 aromatic heterocycles. The number of carbonyl (C=O) groups excluding carboxylic acids is 1. The Hall–Kier alpha value is -1.86. The lowest BCUT2D eigenvalue weighted by atomic mass is 10.2. The summed E-state index contributed by atoms with van der Waals surface area (Å²) in [5.41, 5.74) is 0.985. The summed E-state index contributed by atoms with van der Waals surface area (Å²) in [5, 5.41) is 5.17. The standard InChI is InChI=1S/C12H13FN2O/c1-3-6-14-8-12(16)15-11-5-4-9(2)7-10(11)13/h1,4-5,7,14H,6,8H2,2H3,(H,15,16). The molecule has 0 unspecified atom stereocenters. The van der Waals surface area contributed by atoms with Crippen molar-refractivity contribution in [2.24, 2.45) is 0 Å². The fourth-order valence-corrected chi connectivity index (χ4v) is 1.16. The van der Waals surface area contributed by atoms with Crippen LogP contribution in [0.3, 0.4) is 0 Å². The first kappa shape index (κ1) is 12.2. The zero-order valence-electron chi connectivity index (χ0n) is 9.01. The Kier molecular flexibility index (Phi) is 4.49. The number of rotatable bonds is 4. The summed E-state index contributed by atoms with van der Waals surface area (Å²) in [6.45, 7) is 2.16. The van der Waals surface area contributed by atoms with E-state index in [1.165, 1.54) is 12.1 Å². The summed E-state index contributed by atoms with van der Waals surface area (Å²) >= 11 is 0. The minimum atomic E-state index is -0.440. The Morgan fingerprint density at radius 2 is 2.31 bits per heavy atom. The predicted octanol–water partition coefficient (Wildman–Crippen LogP) is 1.30. The number of aryl methyl sites for hydroxylation is 1. The van der Waals surface area contributed by atoms with Crippen LogP contribution in [0.4, 0.5) is 10.1 Å². The van der Waals surface area contributed by atoms with Crippen LogP contribution in [-0.4, -0.2) is 19.0 Å². The van der Waals surface area contributed by atoms with Gasteiger partial charge >= 0.3 is 0 Å². The number of nitrogens with one attached hydrogen (secondary N) is 2.